The van der Waals surface area contributed by atoms with Crippen LogP contribution in [0.4, 0.5) is 5.69 Å². The number of carbonyl (C=O) groups excluding carboxylic acids is 2. The van der Waals surface area contributed by atoms with Gasteiger partial charge in [0.1, 0.15) is 0 Å². The van der Waals surface area contributed by atoms with Gasteiger partial charge in [-0.25, -0.2) is 0 Å². The van der Waals surface area contributed by atoms with Gasteiger partial charge in [-0.15, -0.1) is 6.58 Å². The van der Waals surface area contributed by atoms with Crippen LogP contribution in [0.25, 0.3) is 0 Å². The highest BCUT2D eigenvalue weighted by Gasteiger charge is 2.09. The summed E-state index contributed by atoms with van der Waals surface area (Å²) in [5.74, 6) is -0.467. The molecule has 2 aromatic rings. The maximum absolute atomic E-state index is 12.2. The van der Waals surface area contributed by atoms with Gasteiger partial charge in [-0.3, -0.25) is 9.59 Å². The van der Waals surface area contributed by atoms with E-state index in [1.54, 1.807) is 42.5 Å². The minimum Gasteiger partial charge on any atom is -0.349 e. The van der Waals surface area contributed by atoms with Crippen molar-refractivity contribution in [2.75, 3.05) is 11.9 Å². The quantitative estimate of drug-likeness (QED) is 0.820. The van der Waals surface area contributed by atoms with E-state index in [-0.39, 0.29) is 11.8 Å². The van der Waals surface area contributed by atoms with Gasteiger partial charge in [0, 0.05) is 28.4 Å². The van der Waals surface area contributed by atoms with Crippen molar-refractivity contribution in [2.45, 2.75) is 6.92 Å². The summed E-state index contributed by atoms with van der Waals surface area (Å²) < 4.78 is 0. The number of rotatable bonds is 5. The fourth-order valence-corrected chi connectivity index (χ4v) is 2.09. The second-order valence-electron chi connectivity index (χ2n) is 4.99. The molecule has 0 aliphatic rings. The van der Waals surface area contributed by atoms with Crippen LogP contribution in [0.2, 0.25) is 5.02 Å². The second-order valence-corrected chi connectivity index (χ2v) is 5.40. The molecule has 0 heterocycles. The minimum absolute atomic E-state index is 0.206. The van der Waals surface area contributed by atoms with Crippen LogP contribution < -0.4 is 10.6 Å². The molecular weight excluding hydrogens is 312 g/mol. The van der Waals surface area contributed by atoms with Crippen molar-refractivity contribution >= 4 is 29.1 Å². The number of aryl methyl sites for hydroxylation is 1. The van der Waals surface area contributed by atoms with Crippen LogP contribution in [0.3, 0.4) is 0 Å². The molecule has 0 aliphatic heterocycles. The fourth-order valence-electron chi connectivity index (χ4n) is 1.91. The zero-order chi connectivity index (χ0) is 16.8. The maximum Gasteiger partial charge on any atom is 0.255 e. The van der Waals surface area contributed by atoms with Crippen molar-refractivity contribution < 1.29 is 9.59 Å². The van der Waals surface area contributed by atoms with Gasteiger partial charge in [-0.05, 0) is 48.9 Å². The van der Waals surface area contributed by atoms with E-state index in [2.05, 4.69) is 17.2 Å². The van der Waals surface area contributed by atoms with E-state index in [1.807, 2.05) is 13.0 Å². The molecular formula is C18H17ClN2O2. The molecule has 0 atom stereocenters. The molecule has 0 radical (unpaired) electrons. The van der Waals surface area contributed by atoms with E-state index >= 15 is 0 Å². The zero-order valence-corrected chi connectivity index (χ0v) is 13.5. The molecule has 118 valence electrons. The molecule has 0 fully saturated rings. The van der Waals surface area contributed by atoms with Crippen molar-refractivity contribution in [1.82, 2.24) is 5.32 Å². The first-order chi connectivity index (χ1) is 11.0. The lowest BCUT2D eigenvalue weighted by Crippen LogP contribution is -2.23. The second kappa shape index (κ2) is 7.61. The van der Waals surface area contributed by atoms with Gasteiger partial charge in [0.15, 0.2) is 0 Å². The first kappa shape index (κ1) is 16.8. The molecule has 0 bridgehead atoms. The zero-order valence-electron chi connectivity index (χ0n) is 12.7. The number of hydrogen-bond acceptors (Lipinski definition) is 2. The average molecular weight is 329 g/mol. The summed E-state index contributed by atoms with van der Waals surface area (Å²) in [5, 5.41) is 6.04. The standard InChI is InChI=1S/C18H17ClN2O2/c1-3-10-20-17(22)13-5-7-14(8-6-13)18(23)21-15-9-4-12(2)16(19)11-15/h3-9,11H,1,10H2,2H3,(H,20,22)(H,21,23). The van der Waals surface area contributed by atoms with Crippen molar-refractivity contribution in [3.63, 3.8) is 0 Å². The SMILES string of the molecule is C=CCNC(=O)c1ccc(C(=O)Nc2ccc(C)c(Cl)c2)cc1. The van der Waals surface area contributed by atoms with Crippen LogP contribution in [0, 0.1) is 6.92 Å². The molecule has 0 unspecified atom stereocenters. The summed E-state index contributed by atoms with van der Waals surface area (Å²) >= 11 is 6.04. The van der Waals surface area contributed by atoms with E-state index in [0.717, 1.165) is 5.56 Å². The van der Waals surface area contributed by atoms with E-state index in [1.165, 1.54) is 0 Å². The van der Waals surface area contributed by atoms with Crippen molar-refractivity contribution in [3.8, 4) is 0 Å². The number of anilines is 1. The van der Waals surface area contributed by atoms with Gasteiger partial charge in [-0.2, -0.15) is 0 Å². The molecule has 0 saturated heterocycles. The number of halogens is 1. The summed E-state index contributed by atoms with van der Waals surface area (Å²) in [6.45, 7) is 5.83. The smallest absolute Gasteiger partial charge is 0.255 e. The third-order valence-corrected chi connectivity index (χ3v) is 3.65. The van der Waals surface area contributed by atoms with Crippen LogP contribution in [0.15, 0.2) is 55.1 Å². The highest BCUT2D eigenvalue weighted by Crippen LogP contribution is 2.20. The van der Waals surface area contributed by atoms with Gasteiger partial charge in [0.05, 0.1) is 0 Å². The van der Waals surface area contributed by atoms with Crippen LogP contribution >= 0.6 is 11.6 Å². The molecule has 2 N–H and O–H groups in total. The number of nitrogens with one attached hydrogen (secondary N) is 2. The number of carbonyl (C=O) groups is 2. The molecule has 0 aromatic heterocycles. The molecule has 0 aliphatic carbocycles. The van der Waals surface area contributed by atoms with Crippen molar-refractivity contribution in [1.29, 1.82) is 0 Å². The predicted molar refractivity (Wildman–Crippen MR) is 93.1 cm³/mol. The summed E-state index contributed by atoms with van der Waals surface area (Å²) in [6.07, 6.45) is 1.60. The summed E-state index contributed by atoms with van der Waals surface area (Å²) in [5.41, 5.74) is 2.52. The Bertz CT molecular complexity index is 739. The third kappa shape index (κ3) is 4.44. The van der Waals surface area contributed by atoms with Crippen molar-refractivity contribution in [3.05, 3.63) is 76.8 Å². The number of amides is 2. The molecule has 4 nitrogen and oxygen atoms in total. The fraction of sp³-hybridized carbons (Fsp3) is 0.111. The van der Waals surface area contributed by atoms with E-state index in [4.69, 9.17) is 11.6 Å². The van der Waals surface area contributed by atoms with Crippen LogP contribution in [-0.2, 0) is 0 Å². The Hall–Kier alpha value is -2.59. The van der Waals surface area contributed by atoms with Crippen molar-refractivity contribution in [2.24, 2.45) is 0 Å². The van der Waals surface area contributed by atoms with Crippen LogP contribution in [0.1, 0.15) is 26.3 Å². The Morgan fingerprint density at radius 3 is 2.26 bits per heavy atom. The lowest BCUT2D eigenvalue weighted by atomic mass is 10.1. The summed E-state index contributed by atoms with van der Waals surface area (Å²) in [6, 6.07) is 11.7. The number of benzene rings is 2. The normalized spacial score (nSPS) is 10.0. The largest absolute Gasteiger partial charge is 0.349 e. The molecule has 0 saturated carbocycles. The number of hydrogen-bond donors (Lipinski definition) is 2. The molecule has 2 aromatic carbocycles. The summed E-state index contributed by atoms with van der Waals surface area (Å²) in [4.78, 5) is 24.0. The molecule has 2 amide bonds. The van der Waals surface area contributed by atoms with Gasteiger partial charge >= 0.3 is 0 Å². The Labute approximate surface area is 140 Å². The predicted octanol–water partition coefficient (Wildman–Crippen LogP) is 3.82. The highest BCUT2D eigenvalue weighted by atomic mass is 35.5. The molecule has 23 heavy (non-hydrogen) atoms. The minimum atomic E-state index is -0.261. The van der Waals surface area contributed by atoms with Gasteiger partial charge in [-0.1, -0.05) is 23.7 Å². The third-order valence-electron chi connectivity index (χ3n) is 3.25. The topological polar surface area (TPSA) is 58.2 Å². The first-order valence-electron chi connectivity index (χ1n) is 7.08. The van der Waals surface area contributed by atoms with Crippen LogP contribution in [0.5, 0.6) is 0 Å². The van der Waals surface area contributed by atoms with Gasteiger partial charge < -0.3 is 10.6 Å². The Morgan fingerprint density at radius 2 is 1.70 bits per heavy atom. The highest BCUT2D eigenvalue weighted by molar-refractivity contribution is 6.31. The lowest BCUT2D eigenvalue weighted by molar-refractivity contribution is 0.0956. The van der Waals surface area contributed by atoms with E-state index < -0.39 is 0 Å². The Balaban J connectivity index is 2.06. The van der Waals surface area contributed by atoms with Crippen LogP contribution in [-0.4, -0.2) is 18.4 Å². The average Bonchev–Trinajstić information content (AvgIpc) is 2.56. The molecule has 2 rings (SSSR count). The van der Waals surface area contributed by atoms with E-state index in [9.17, 15) is 9.59 Å². The van der Waals surface area contributed by atoms with Gasteiger partial charge in [0.25, 0.3) is 11.8 Å². The summed E-state index contributed by atoms with van der Waals surface area (Å²) in [7, 11) is 0. The molecule has 0 spiro atoms. The van der Waals surface area contributed by atoms with E-state index in [0.29, 0.717) is 28.4 Å². The first-order valence-corrected chi connectivity index (χ1v) is 7.45. The Kier molecular flexibility index (Phi) is 5.55. The lowest BCUT2D eigenvalue weighted by Gasteiger charge is -2.08. The maximum atomic E-state index is 12.2. The monoisotopic (exact) mass is 328 g/mol. The Morgan fingerprint density at radius 1 is 1.09 bits per heavy atom. The van der Waals surface area contributed by atoms with Gasteiger partial charge in [0.2, 0.25) is 0 Å². The molecule has 5 heteroatoms.